The van der Waals surface area contributed by atoms with Gasteiger partial charge >= 0.3 is 0 Å². The van der Waals surface area contributed by atoms with Crippen LogP contribution in [0.15, 0.2) is 77.3 Å². The third-order valence-electron chi connectivity index (χ3n) is 6.50. The number of benzene rings is 3. The van der Waals surface area contributed by atoms with Gasteiger partial charge in [0.25, 0.3) is 0 Å². The number of hydrogen-bond acceptors (Lipinski definition) is 3. The summed E-state index contributed by atoms with van der Waals surface area (Å²) in [5, 5.41) is 0. The number of aryl methyl sites for hydroxylation is 1. The first-order valence-electron chi connectivity index (χ1n) is 11.3. The van der Waals surface area contributed by atoms with Crippen molar-refractivity contribution in [2.24, 2.45) is 0 Å². The van der Waals surface area contributed by atoms with Crippen molar-refractivity contribution < 1.29 is 4.79 Å². The molecule has 1 fully saturated rings. The summed E-state index contributed by atoms with van der Waals surface area (Å²) in [6.07, 6.45) is 1.42. The number of piperazine rings is 1. The lowest BCUT2D eigenvalue weighted by molar-refractivity contribution is -0.119. The van der Waals surface area contributed by atoms with E-state index in [0.717, 1.165) is 49.3 Å². The molecule has 2 heterocycles. The van der Waals surface area contributed by atoms with E-state index in [0.29, 0.717) is 13.0 Å². The van der Waals surface area contributed by atoms with Crippen molar-refractivity contribution in [3.05, 3.63) is 94.0 Å². The fourth-order valence-electron chi connectivity index (χ4n) is 4.69. The number of halogens is 1. The molecule has 3 aromatic rings. The Morgan fingerprint density at radius 2 is 1.47 bits per heavy atom. The topological polar surface area (TPSA) is 26.8 Å². The van der Waals surface area contributed by atoms with E-state index in [1.807, 2.05) is 23.1 Å². The normalized spacial score (nSPS) is 16.8. The predicted molar refractivity (Wildman–Crippen MR) is 134 cm³/mol. The summed E-state index contributed by atoms with van der Waals surface area (Å²) in [5.74, 6) is 0.218. The third kappa shape index (κ3) is 4.74. The lowest BCUT2D eigenvalue weighted by atomic mass is 9.99. The molecule has 0 bridgehead atoms. The molecule has 0 radical (unpaired) electrons. The van der Waals surface area contributed by atoms with Gasteiger partial charge in [-0.3, -0.25) is 9.69 Å². The second kappa shape index (κ2) is 9.47. The lowest BCUT2D eigenvalue weighted by Gasteiger charge is -2.37. The van der Waals surface area contributed by atoms with E-state index in [1.54, 1.807) is 0 Å². The fourth-order valence-corrected chi connectivity index (χ4v) is 4.96. The molecule has 0 atom stereocenters. The number of nitrogens with zero attached hydrogens (tertiary/aromatic N) is 3. The predicted octanol–water partition coefficient (Wildman–Crippen LogP) is 5.25. The summed E-state index contributed by atoms with van der Waals surface area (Å²) in [7, 11) is 0. The number of carbonyl (C=O) groups is 1. The molecule has 0 unspecified atom stereocenters. The van der Waals surface area contributed by atoms with Gasteiger partial charge in [0.15, 0.2) is 0 Å². The molecule has 0 aliphatic carbocycles. The Morgan fingerprint density at radius 1 is 0.750 bits per heavy atom. The maximum absolute atomic E-state index is 12.7. The first kappa shape index (κ1) is 21.2. The molecule has 164 valence electrons. The van der Waals surface area contributed by atoms with Crippen molar-refractivity contribution >= 4 is 33.2 Å². The zero-order valence-corrected chi connectivity index (χ0v) is 19.8. The Kier molecular flexibility index (Phi) is 6.28. The van der Waals surface area contributed by atoms with Crippen LogP contribution in [0.4, 0.5) is 11.4 Å². The van der Waals surface area contributed by atoms with Crippen molar-refractivity contribution in [2.45, 2.75) is 25.9 Å². The van der Waals surface area contributed by atoms with Crippen molar-refractivity contribution in [3.63, 3.8) is 0 Å². The molecular weight excluding hydrogens is 462 g/mol. The molecule has 0 spiro atoms. The monoisotopic (exact) mass is 489 g/mol. The summed E-state index contributed by atoms with van der Waals surface area (Å²) < 4.78 is 1.13. The zero-order valence-electron chi connectivity index (χ0n) is 18.2. The number of amides is 1. The van der Waals surface area contributed by atoms with Gasteiger partial charge in [0.2, 0.25) is 5.91 Å². The standard InChI is InChI=1S/C27H28BrN3O/c28-24-9-6-22(7-10-24)19-29-14-16-30(17-15-29)25-11-12-26-23(18-25)8-13-27(32)31(26)20-21-4-2-1-3-5-21/h1-7,9-12,18H,8,13-17,19-20H2. The maximum atomic E-state index is 12.7. The average Bonchev–Trinajstić information content (AvgIpc) is 2.83. The first-order valence-corrected chi connectivity index (χ1v) is 12.1. The molecule has 1 saturated heterocycles. The molecule has 2 aliphatic heterocycles. The van der Waals surface area contributed by atoms with Crippen LogP contribution in [0.5, 0.6) is 0 Å². The number of rotatable bonds is 5. The van der Waals surface area contributed by atoms with E-state index in [-0.39, 0.29) is 5.91 Å². The van der Waals surface area contributed by atoms with Crippen LogP contribution in [0.2, 0.25) is 0 Å². The summed E-state index contributed by atoms with van der Waals surface area (Å²) in [5.41, 5.74) is 6.16. The highest BCUT2D eigenvalue weighted by Gasteiger charge is 2.26. The molecule has 0 aromatic heterocycles. The van der Waals surface area contributed by atoms with Crippen LogP contribution in [0.1, 0.15) is 23.1 Å². The molecule has 5 rings (SSSR count). The molecule has 3 aromatic carbocycles. The number of hydrogen-bond donors (Lipinski definition) is 0. The molecular formula is C27H28BrN3O. The Hall–Kier alpha value is -2.63. The molecule has 5 heteroatoms. The van der Waals surface area contributed by atoms with Crippen LogP contribution >= 0.6 is 15.9 Å². The summed E-state index contributed by atoms with van der Waals surface area (Å²) in [4.78, 5) is 19.6. The number of carbonyl (C=O) groups excluding carboxylic acids is 1. The minimum Gasteiger partial charge on any atom is -0.369 e. The second-order valence-corrected chi connectivity index (χ2v) is 9.58. The van der Waals surface area contributed by atoms with E-state index in [4.69, 9.17) is 0 Å². The van der Waals surface area contributed by atoms with Crippen molar-refractivity contribution in [1.29, 1.82) is 0 Å². The molecule has 32 heavy (non-hydrogen) atoms. The minimum atomic E-state index is 0.218. The molecule has 1 amide bonds. The summed E-state index contributed by atoms with van der Waals surface area (Å²) in [6.45, 7) is 5.82. The van der Waals surface area contributed by atoms with Gasteiger partial charge in [0.1, 0.15) is 0 Å². The highest BCUT2D eigenvalue weighted by atomic mass is 79.9. The summed E-state index contributed by atoms with van der Waals surface area (Å²) in [6, 6.07) is 25.5. The number of fused-ring (bicyclic) bond motifs is 1. The largest absolute Gasteiger partial charge is 0.369 e. The van der Waals surface area contributed by atoms with E-state index in [9.17, 15) is 4.79 Å². The smallest absolute Gasteiger partial charge is 0.227 e. The Balaban J connectivity index is 1.25. The SMILES string of the molecule is O=C1CCc2cc(N3CCN(Cc4ccc(Br)cc4)CC3)ccc2N1Cc1ccccc1. The van der Waals surface area contributed by atoms with Gasteiger partial charge in [-0.25, -0.2) is 0 Å². The van der Waals surface area contributed by atoms with Crippen LogP contribution < -0.4 is 9.80 Å². The molecule has 2 aliphatic rings. The molecule has 0 N–H and O–H groups in total. The highest BCUT2D eigenvalue weighted by molar-refractivity contribution is 9.10. The van der Waals surface area contributed by atoms with Gasteiger partial charge in [-0.2, -0.15) is 0 Å². The Labute approximate surface area is 198 Å². The first-order chi connectivity index (χ1) is 15.7. The van der Waals surface area contributed by atoms with E-state index in [1.165, 1.54) is 22.4 Å². The Morgan fingerprint density at radius 3 is 2.22 bits per heavy atom. The van der Waals surface area contributed by atoms with E-state index >= 15 is 0 Å². The second-order valence-electron chi connectivity index (χ2n) is 8.67. The van der Waals surface area contributed by atoms with Gasteiger partial charge < -0.3 is 9.80 Å². The molecule has 0 saturated carbocycles. The van der Waals surface area contributed by atoms with Gasteiger partial charge in [-0.1, -0.05) is 58.4 Å². The van der Waals surface area contributed by atoms with Crippen molar-refractivity contribution in [1.82, 2.24) is 4.90 Å². The van der Waals surface area contributed by atoms with Crippen LogP contribution in [-0.4, -0.2) is 37.0 Å². The van der Waals surface area contributed by atoms with Crippen LogP contribution in [0.25, 0.3) is 0 Å². The number of anilines is 2. The van der Waals surface area contributed by atoms with Crippen molar-refractivity contribution in [3.8, 4) is 0 Å². The van der Waals surface area contributed by atoms with Crippen LogP contribution in [0.3, 0.4) is 0 Å². The minimum absolute atomic E-state index is 0.218. The van der Waals surface area contributed by atoms with Gasteiger partial charge in [0.05, 0.1) is 6.54 Å². The quantitative estimate of drug-likeness (QED) is 0.489. The fraction of sp³-hybridized carbons (Fsp3) is 0.296. The Bertz CT molecular complexity index is 1080. The van der Waals surface area contributed by atoms with Crippen LogP contribution in [-0.2, 0) is 24.3 Å². The maximum Gasteiger partial charge on any atom is 0.227 e. The van der Waals surface area contributed by atoms with E-state index < -0.39 is 0 Å². The zero-order chi connectivity index (χ0) is 21.9. The van der Waals surface area contributed by atoms with E-state index in [2.05, 4.69) is 80.3 Å². The highest BCUT2D eigenvalue weighted by Crippen LogP contribution is 2.33. The van der Waals surface area contributed by atoms with Gasteiger partial charge in [-0.05, 0) is 53.4 Å². The van der Waals surface area contributed by atoms with Crippen molar-refractivity contribution in [2.75, 3.05) is 36.0 Å². The average molecular weight is 490 g/mol. The lowest BCUT2D eigenvalue weighted by Crippen LogP contribution is -2.46. The van der Waals surface area contributed by atoms with Gasteiger partial charge in [-0.15, -0.1) is 0 Å². The van der Waals surface area contributed by atoms with Gasteiger partial charge in [0, 0.05) is 55.0 Å². The van der Waals surface area contributed by atoms with Crippen LogP contribution in [0, 0.1) is 0 Å². The molecule has 4 nitrogen and oxygen atoms in total. The summed E-state index contributed by atoms with van der Waals surface area (Å²) >= 11 is 3.51. The third-order valence-corrected chi connectivity index (χ3v) is 7.03.